The molecule has 6 N–H and O–H groups in total. The average molecular weight is 744 g/mol. The molecule has 0 aliphatic carbocycles. The number of aliphatic hydroxyl groups is 5. The standard InChI is InChI=1S/C43H85NO8/c1-3-4-5-6-7-8-9-10-11-12-13-14-15-16-17-18-19-20-21-22-23-24-25-26-27-28-29-30-31-32-33-38(47)37(44-36(2)46)35-51-43-42(50)41(49)40(48)39(34-45)52-43/h37-43,45,47-50H,3-35H2,1-2H3,(H,44,46). The van der Waals surface area contributed by atoms with E-state index in [0.717, 1.165) is 19.3 Å². The van der Waals surface area contributed by atoms with Gasteiger partial charge in [0.2, 0.25) is 5.91 Å². The zero-order chi connectivity index (χ0) is 38.1. The molecular weight excluding hydrogens is 658 g/mol. The zero-order valence-electron chi connectivity index (χ0n) is 33.8. The quantitative estimate of drug-likeness (QED) is 0.0346. The summed E-state index contributed by atoms with van der Waals surface area (Å²) in [7, 11) is 0. The van der Waals surface area contributed by atoms with Gasteiger partial charge < -0.3 is 40.3 Å². The highest BCUT2D eigenvalue weighted by Crippen LogP contribution is 2.23. The Morgan fingerprint density at radius 3 is 1.25 bits per heavy atom. The molecule has 0 aromatic heterocycles. The van der Waals surface area contributed by atoms with Crippen molar-refractivity contribution in [2.24, 2.45) is 0 Å². The highest BCUT2D eigenvalue weighted by atomic mass is 16.7. The van der Waals surface area contributed by atoms with Crippen molar-refractivity contribution in [3.05, 3.63) is 0 Å². The van der Waals surface area contributed by atoms with Crippen molar-refractivity contribution >= 4 is 5.91 Å². The summed E-state index contributed by atoms with van der Waals surface area (Å²) in [6.07, 6.45) is 33.6. The maximum absolute atomic E-state index is 11.7. The molecule has 0 aromatic carbocycles. The molecule has 7 atom stereocenters. The van der Waals surface area contributed by atoms with Crippen LogP contribution in [0.3, 0.4) is 0 Å². The van der Waals surface area contributed by atoms with Gasteiger partial charge in [0, 0.05) is 6.92 Å². The zero-order valence-corrected chi connectivity index (χ0v) is 33.8. The van der Waals surface area contributed by atoms with Crippen molar-refractivity contribution in [3.63, 3.8) is 0 Å². The third-order valence-corrected chi connectivity index (χ3v) is 11.0. The Morgan fingerprint density at radius 1 is 0.577 bits per heavy atom. The summed E-state index contributed by atoms with van der Waals surface area (Å²) in [5.74, 6) is -0.317. The molecule has 1 rings (SSSR count). The molecule has 7 unspecified atom stereocenters. The molecule has 1 aliphatic rings. The van der Waals surface area contributed by atoms with Crippen LogP contribution in [0.4, 0.5) is 0 Å². The maximum Gasteiger partial charge on any atom is 0.217 e. The van der Waals surface area contributed by atoms with Crippen LogP contribution in [0.5, 0.6) is 0 Å². The second kappa shape index (κ2) is 34.7. The van der Waals surface area contributed by atoms with Crippen LogP contribution in [-0.2, 0) is 14.3 Å². The normalized spacial score (nSPS) is 21.7. The summed E-state index contributed by atoms with van der Waals surface area (Å²) < 4.78 is 10.9. The summed E-state index contributed by atoms with van der Waals surface area (Å²) in [5.41, 5.74) is 0. The molecule has 1 saturated heterocycles. The van der Waals surface area contributed by atoms with Gasteiger partial charge in [0.05, 0.1) is 25.4 Å². The summed E-state index contributed by atoms with van der Waals surface area (Å²) in [6, 6.07) is -0.714. The van der Waals surface area contributed by atoms with E-state index in [0.29, 0.717) is 6.42 Å². The number of ether oxygens (including phenoxy) is 2. The predicted octanol–water partition coefficient (Wildman–Crippen LogP) is 8.78. The number of aliphatic hydroxyl groups excluding tert-OH is 5. The van der Waals surface area contributed by atoms with E-state index in [2.05, 4.69) is 12.2 Å². The highest BCUT2D eigenvalue weighted by molar-refractivity contribution is 5.73. The Morgan fingerprint density at radius 2 is 0.923 bits per heavy atom. The molecule has 1 amide bonds. The van der Waals surface area contributed by atoms with Crippen LogP contribution >= 0.6 is 0 Å². The van der Waals surface area contributed by atoms with Crippen molar-refractivity contribution in [2.75, 3.05) is 13.2 Å². The smallest absolute Gasteiger partial charge is 0.217 e. The molecule has 0 spiro atoms. The summed E-state index contributed by atoms with van der Waals surface area (Å²) >= 11 is 0. The first-order chi connectivity index (χ1) is 25.3. The Kier molecular flexibility index (Phi) is 32.8. The van der Waals surface area contributed by atoms with E-state index >= 15 is 0 Å². The predicted molar refractivity (Wildman–Crippen MR) is 212 cm³/mol. The van der Waals surface area contributed by atoms with Gasteiger partial charge in [-0.3, -0.25) is 4.79 Å². The fourth-order valence-electron chi connectivity index (χ4n) is 7.49. The summed E-state index contributed by atoms with van der Waals surface area (Å²) in [6.45, 7) is 2.95. The first kappa shape index (κ1) is 49.2. The van der Waals surface area contributed by atoms with Crippen LogP contribution in [0.15, 0.2) is 0 Å². The minimum Gasteiger partial charge on any atom is -0.394 e. The SMILES string of the molecule is CCCCCCCCCCCCCCCCCCCCCCCCCCCCCCCCC(O)C(COC1OC(CO)C(O)C(O)C1O)NC(C)=O. The van der Waals surface area contributed by atoms with E-state index in [1.54, 1.807) is 0 Å². The highest BCUT2D eigenvalue weighted by Gasteiger charge is 2.44. The van der Waals surface area contributed by atoms with E-state index in [1.165, 1.54) is 180 Å². The third-order valence-electron chi connectivity index (χ3n) is 11.0. The third kappa shape index (κ3) is 26.1. The first-order valence-corrected chi connectivity index (χ1v) is 22.2. The van der Waals surface area contributed by atoms with Gasteiger partial charge in [-0.15, -0.1) is 0 Å². The number of unbranched alkanes of at least 4 members (excludes halogenated alkanes) is 29. The van der Waals surface area contributed by atoms with E-state index in [4.69, 9.17) is 9.47 Å². The number of rotatable bonds is 37. The van der Waals surface area contributed by atoms with Gasteiger partial charge in [-0.25, -0.2) is 0 Å². The number of amides is 1. The Bertz CT molecular complexity index is 786. The molecule has 0 bridgehead atoms. The van der Waals surface area contributed by atoms with E-state index in [9.17, 15) is 30.3 Å². The lowest BCUT2D eigenvalue weighted by atomic mass is 9.99. The number of carbonyl (C=O) groups is 1. The fourth-order valence-corrected chi connectivity index (χ4v) is 7.49. The summed E-state index contributed by atoms with van der Waals surface area (Å²) in [5, 5.41) is 52.9. The lowest BCUT2D eigenvalue weighted by Gasteiger charge is -2.40. The molecule has 1 aliphatic heterocycles. The molecule has 0 saturated carbocycles. The van der Waals surface area contributed by atoms with Gasteiger partial charge in [0.1, 0.15) is 24.4 Å². The molecule has 1 heterocycles. The van der Waals surface area contributed by atoms with Gasteiger partial charge in [-0.2, -0.15) is 0 Å². The number of hydrogen-bond acceptors (Lipinski definition) is 8. The van der Waals surface area contributed by atoms with Crippen LogP contribution in [0.2, 0.25) is 0 Å². The largest absolute Gasteiger partial charge is 0.394 e. The van der Waals surface area contributed by atoms with E-state index in [1.807, 2.05) is 0 Å². The Labute approximate surface area is 319 Å². The van der Waals surface area contributed by atoms with Gasteiger partial charge in [0.15, 0.2) is 6.29 Å². The lowest BCUT2D eigenvalue weighted by Crippen LogP contribution is -2.60. The van der Waals surface area contributed by atoms with Crippen molar-refractivity contribution in [3.8, 4) is 0 Å². The van der Waals surface area contributed by atoms with Crippen LogP contribution in [-0.4, -0.2) is 87.5 Å². The van der Waals surface area contributed by atoms with Crippen molar-refractivity contribution in [2.45, 2.75) is 256 Å². The van der Waals surface area contributed by atoms with Gasteiger partial charge in [-0.05, 0) is 6.42 Å². The van der Waals surface area contributed by atoms with Crippen molar-refractivity contribution in [1.82, 2.24) is 5.32 Å². The fraction of sp³-hybridized carbons (Fsp3) is 0.977. The van der Waals surface area contributed by atoms with Gasteiger partial charge >= 0.3 is 0 Å². The lowest BCUT2D eigenvalue weighted by molar-refractivity contribution is -0.302. The Hall–Kier alpha value is -0.810. The monoisotopic (exact) mass is 744 g/mol. The van der Waals surface area contributed by atoms with Gasteiger partial charge in [-0.1, -0.05) is 200 Å². The molecule has 9 nitrogen and oxygen atoms in total. The van der Waals surface area contributed by atoms with Crippen LogP contribution in [0.25, 0.3) is 0 Å². The average Bonchev–Trinajstić information content (AvgIpc) is 3.13. The minimum atomic E-state index is -1.54. The molecule has 0 aromatic rings. The van der Waals surface area contributed by atoms with Crippen LogP contribution in [0, 0.1) is 0 Å². The van der Waals surface area contributed by atoms with Crippen molar-refractivity contribution in [1.29, 1.82) is 0 Å². The second-order valence-corrected chi connectivity index (χ2v) is 15.9. The maximum atomic E-state index is 11.7. The van der Waals surface area contributed by atoms with E-state index < -0.39 is 49.5 Å². The van der Waals surface area contributed by atoms with Crippen molar-refractivity contribution < 1.29 is 39.8 Å². The van der Waals surface area contributed by atoms with Crippen LogP contribution < -0.4 is 5.32 Å². The van der Waals surface area contributed by atoms with Gasteiger partial charge in [0.25, 0.3) is 0 Å². The number of nitrogens with one attached hydrogen (secondary N) is 1. The number of carbonyl (C=O) groups excluding carboxylic acids is 1. The van der Waals surface area contributed by atoms with Crippen LogP contribution in [0.1, 0.15) is 213 Å². The molecule has 9 heteroatoms. The molecule has 1 fully saturated rings. The molecular formula is C43H85NO8. The summed E-state index contributed by atoms with van der Waals surface area (Å²) in [4.78, 5) is 11.7. The molecule has 310 valence electrons. The molecule has 0 radical (unpaired) electrons. The Balaban J connectivity index is 1.88. The molecule has 52 heavy (non-hydrogen) atoms. The second-order valence-electron chi connectivity index (χ2n) is 15.9. The minimum absolute atomic E-state index is 0.150. The topological polar surface area (TPSA) is 149 Å². The van der Waals surface area contributed by atoms with E-state index in [-0.39, 0.29) is 12.5 Å². The first-order valence-electron chi connectivity index (χ1n) is 22.2. The number of hydrogen-bond donors (Lipinski definition) is 6.